The summed E-state index contributed by atoms with van der Waals surface area (Å²) < 4.78 is 6.34. The average molecular weight is 354 g/mol. The Morgan fingerprint density at radius 1 is 1.20 bits per heavy atom. The van der Waals surface area contributed by atoms with Gasteiger partial charge in [0.15, 0.2) is 5.78 Å². The van der Waals surface area contributed by atoms with Gasteiger partial charge in [0.2, 0.25) is 0 Å². The summed E-state index contributed by atoms with van der Waals surface area (Å²) in [6.45, 7) is 2.70. The lowest BCUT2D eigenvalue weighted by Crippen LogP contribution is -2.02. The van der Waals surface area contributed by atoms with Crippen LogP contribution in [-0.4, -0.2) is 12.4 Å². The van der Waals surface area contributed by atoms with Gasteiger partial charge in [-0.2, -0.15) is 0 Å². The molecule has 2 aromatic rings. The fourth-order valence-corrected chi connectivity index (χ4v) is 2.45. The van der Waals surface area contributed by atoms with Crippen LogP contribution in [0.5, 0.6) is 5.75 Å². The van der Waals surface area contributed by atoms with Crippen molar-refractivity contribution in [2.75, 3.05) is 6.61 Å². The molecule has 0 aliphatic rings. The third-order valence-corrected chi connectivity index (χ3v) is 3.60. The topological polar surface area (TPSA) is 26.3 Å². The van der Waals surface area contributed by atoms with E-state index < -0.39 is 0 Å². The molecule has 0 saturated carbocycles. The quantitative estimate of drug-likeness (QED) is 0.697. The molecule has 0 fully saturated rings. The predicted molar refractivity (Wildman–Crippen MR) is 84.8 cm³/mol. The molecule has 0 heterocycles. The van der Waals surface area contributed by atoms with Crippen molar-refractivity contribution in [1.82, 2.24) is 0 Å². The van der Waals surface area contributed by atoms with Gasteiger partial charge in [-0.1, -0.05) is 30.7 Å². The molecule has 2 nitrogen and oxygen atoms in total. The Labute approximate surface area is 131 Å². The van der Waals surface area contributed by atoms with Gasteiger partial charge in [0.05, 0.1) is 11.1 Å². The summed E-state index contributed by atoms with van der Waals surface area (Å²) in [6, 6.07) is 12.3. The zero-order valence-electron chi connectivity index (χ0n) is 11.0. The molecule has 0 aliphatic heterocycles. The van der Waals surface area contributed by atoms with Gasteiger partial charge >= 0.3 is 0 Å². The van der Waals surface area contributed by atoms with Gasteiger partial charge in [-0.3, -0.25) is 4.79 Å². The summed E-state index contributed by atoms with van der Waals surface area (Å²) in [7, 11) is 0. The third-order valence-electron chi connectivity index (χ3n) is 2.74. The molecule has 0 aliphatic carbocycles. The van der Waals surface area contributed by atoms with Gasteiger partial charge in [-0.15, -0.1) is 0 Å². The lowest BCUT2D eigenvalue weighted by molar-refractivity contribution is 0.103. The zero-order valence-corrected chi connectivity index (χ0v) is 13.4. The number of ketones is 1. The molecular formula is C16H14BrClO2. The highest BCUT2D eigenvalue weighted by atomic mass is 79.9. The van der Waals surface area contributed by atoms with E-state index >= 15 is 0 Å². The maximum atomic E-state index is 12.4. The van der Waals surface area contributed by atoms with Gasteiger partial charge < -0.3 is 4.74 Å². The van der Waals surface area contributed by atoms with Crippen molar-refractivity contribution >= 4 is 33.3 Å². The van der Waals surface area contributed by atoms with Gasteiger partial charge in [0.25, 0.3) is 0 Å². The monoisotopic (exact) mass is 352 g/mol. The second-order valence-corrected chi connectivity index (χ2v) is 5.62. The molecule has 0 N–H and O–H groups in total. The van der Waals surface area contributed by atoms with Crippen LogP contribution in [0.1, 0.15) is 29.3 Å². The summed E-state index contributed by atoms with van der Waals surface area (Å²) in [5.41, 5.74) is 1.18. The highest BCUT2D eigenvalue weighted by Gasteiger charge is 2.11. The van der Waals surface area contributed by atoms with Crippen LogP contribution in [0.25, 0.3) is 0 Å². The first-order valence-electron chi connectivity index (χ1n) is 6.34. The molecule has 20 heavy (non-hydrogen) atoms. The largest absolute Gasteiger partial charge is 0.492 e. The Balaban J connectivity index is 2.25. The van der Waals surface area contributed by atoms with Crippen LogP contribution in [0, 0.1) is 0 Å². The standard InChI is InChI=1S/C16H14BrClO2/c1-2-8-20-15-7-6-12(10-14(15)17)16(19)11-4-3-5-13(18)9-11/h3-7,9-10H,2,8H2,1H3. The third kappa shape index (κ3) is 3.62. The van der Waals surface area contributed by atoms with Crippen LogP contribution in [0.2, 0.25) is 5.02 Å². The molecule has 0 amide bonds. The highest BCUT2D eigenvalue weighted by Crippen LogP contribution is 2.27. The lowest BCUT2D eigenvalue weighted by Gasteiger charge is -2.08. The van der Waals surface area contributed by atoms with Crippen LogP contribution in [0.15, 0.2) is 46.9 Å². The number of ether oxygens (including phenoxy) is 1. The number of hydrogen-bond acceptors (Lipinski definition) is 2. The first kappa shape index (κ1) is 15.1. The normalized spacial score (nSPS) is 10.3. The van der Waals surface area contributed by atoms with E-state index in [1.165, 1.54) is 0 Å². The number of carbonyl (C=O) groups excluding carboxylic acids is 1. The fraction of sp³-hybridized carbons (Fsp3) is 0.188. The summed E-state index contributed by atoms with van der Waals surface area (Å²) in [6.07, 6.45) is 0.940. The van der Waals surface area contributed by atoms with Crippen molar-refractivity contribution in [2.45, 2.75) is 13.3 Å². The van der Waals surface area contributed by atoms with E-state index in [2.05, 4.69) is 15.9 Å². The Bertz CT molecular complexity index is 626. The molecule has 2 aromatic carbocycles. The van der Waals surface area contributed by atoms with E-state index in [1.54, 1.807) is 42.5 Å². The van der Waals surface area contributed by atoms with E-state index in [4.69, 9.17) is 16.3 Å². The molecule has 0 aromatic heterocycles. The smallest absolute Gasteiger partial charge is 0.193 e. The number of hydrogen-bond donors (Lipinski definition) is 0. The maximum Gasteiger partial charge on any atom is 0.193 e. The highest BCUT2D eigenvalue weighted by molar-refractivity contribution is 9.10. The number of benzene rings is 2. The predicted octanol–water partition coefficient (Wildman–Crippen LogP) is 5.12. The maximum absolute atomic E-state index is 12.4. The molecular weight excluding hydrogens is 340 g/mol. The SMILES string of the molecule is CCCOc1ccc(C(=O)c2cccc(Cl)c2)cc1Br. The molecule has 0 unspecified atom stereocenters. The molecule has 0 radical (unpaired) electrons. The minimum Gasteiger partial charge on any atom is -0.492 e. The van der Waals surface area contributed by atoms with Crippen molar-refractivity contribution in [1.29, 1.82) is 0 Å². The molecule has 0 saturated heterocycles. The fourth-order valence-electron chi connectivity index (χ4n) is 1.77. The molecule has 2 rings (SSSR count). The van der Waals surface area contributed by atoms with E-state index in [1.807, 2.05) is 6.92 Å². The van der Waals surface area contributed by atoms with Crippen molar-refractivity contribution < 1.29 is 9.53 Å². The molecule has 4 heteroatoms. The Kier molecular flexibility index (Phi) is 5.21. The van der Waals surface area contributed by atoms with Crippen LogP contribution < -0.4 is 4.74 Å². The van der Waals surface area contributed by atoms with Crippen molar-refractivity contribution in [3.63, 3.8) is 0 Å². The lowest BCUT2D eigenvalue weighted by atomic mass is 10.0. The van der Waals surface area contributed by atoms with Gasteiger partial charge in [-0.05, 0) is 52.7 Å². The van der Waals surface area contributed by atoms with Gasteiger partial charge in [0, 0.05) is 16.1 Å². The summed E-state index contributed by atoms with van der Waals surface area (Å²) in [4.78, 5) is 12.4. The van der Waals surface area contributed by atoms with Crippen LogP contribution in [-0.2, 0) is 0 Å². The zero-order chi connectivity index (χ0) is 14.5. The Hall–Kier alpha value is -1.32. The van der Waals surface area contributed by atoms with Crippen LogP contribution in [0.3, 0.4) is 0 Å². The van der Waals surface area contributed by atoms with Crippen molar-refractivity contribution in [3.05, 3.63) is 63.1 Å². The number of carbonyl (C=O) groups is 1. The van der Waals surface area contributed by atoms with Crippen molar-refractivity contribution in [3.8, 4) is 5.75 Å². The average Bonchev–Trinajstić information content (AvgIpc) is 2.45. The van der Waals surface area contributed by atoms with E-state index in [0.717, 1.165) is 16.6 Å². The van der Waals surface area contributed by atoms with Gasteiger partial charge in [0.1, 0.15) is 5.75 Å². The first-order chi connectivity index (χ1) is 9.61. The van der Waals surface area contributed by atoms with E-state index in [0.29, 0.717) is 22.8 Å². The number of rotatable bonds is 5. The van der Waals surface area contributed by atoms with Gasteiger partial charge in [-0.25, -0.2) is 0 Å². The molecule has 104 valence electrons. The Morgan fingerprint density at radius 2 is 1.95 bits per heavy atom. The first-order valence-corrected chi connectivity index (χ1v) is 7.51. The minimum absolute atomic E-state index is 0.0600. The second-order valence-electron chi connectivity index (χ2n) is 4.33. The summed E-state index contributed by atoms with van der Waals surface area (Å²) in [5.74, 6) is 0.685. The second kappa shape index (κ2) is 6.91. The minimum atomic E-state index is -0.0600. The molecule has 0 bridgehead atoms. The molecule has 0 atom stereocenters. The Morgan fingerprint density at radius 3 is 2.60 bits per heavy atom. The summed E-state index contributed by atoms with van der Waals surface area (Å²) in [5, 5.41) is 0.554. The van der Waals surface area contributed by atoms with Crippen LogP contribution >= 0.6 is 27.5 Å². The van der Waals surface area contributed by atoms with Crippen molar-refractivity contribution in [2.24, 2.45) is 0 Å². The molecule has 0 spiro atoms. The van der Waals surface area contributed by atoms with Crippen LogP contribution in [0.4, 0.5) is 0 Å². The number of halogens is 2. The van der Waals surface area contributed by atoms with E-state index in [9.17, 15) is 4.79 Å². The summed E-state index contributed by atoms with van der Waals surface area (Å²) >= 11 is 9.34. The van der Waals surface area contributed by atoms with E-state index in [-0.39, 0.29) is 5.78 Å².